The summed E-state index contributed by atoms with van der Waals surface area (Å²) in [7, 11) is 0. The third-order valence-electron chi connectivity index (χ3n) is 8.37. The summed E-state index contributed by atoms with van der Waals surface area (Å²) in [6.45, 7) is 6.78. The number of carbonyl (C=O) groups excluding carboxylic acids is 1. The van der Waals surface area contributed by atoms with Crippen molar-refractivity contribution in [3.05, 3.63) is 0 Å². The van der Waals surface area contributed by atoms with Gasteiger partial charge in [0.25, 0.3) is 0 Å². The molecule has 0 aromatic heterocycles. The van der Waals surface area contributed by atoms with Crippen molar-refractivity contribution < 1.29 is 4.79 Å². The normalized spacial score (nSPS) is 48.2. The van der Waals surface area contributed by atoms with E-state index in [4.69, 9.17) is 0 Å². The predicted octanol–water partition coefficient (Wildman–Crippen LogP) is 3.58. The highest BCUT2D eigenvalue weighted by molar-refractivity contribution is 5.89. The zero-order valence-electron chi connectivity index (χ0n) is 15.5. The van der Waals surface area contributed by atoms with Crippen molar-refractivity contribution >= 4 is 5.91 Å². The SMILES string of the molecule is CC(C)C(N1CCC2(CCCN2)C1=O)C12CC3CC(CC(C3)C1)C2. The molecule has 2 unspecified atom stereocenters. The van der Waals surface area contributed by atoms with E-state index in [2.05, 4.69) is 24.1 Å². The molecule has 2 aliphatic heterocycles. The van der Waals surface area contributed by atoms with Crippen LogP contribution in [0.5, 0.6) is 0 Å². The Morgan fingerprint density at radius 3 is 2.17 bits per heavy atom. The molecule has 3 nitrogen and oxygen atoms in total. The first-order chi connectivity index (χ1) is 11.5. The maximum atomic E-state index is 13.4. The van der Waals surface area contributed by atoms with Crippen LogP contribution in [0.1, 0.15) is 71.6 Å². The summed E-state index contributed by atoms with van der Waals surface area (Å²) in [6, 6.07) is 0.486. The Morgan fingerprint density at radius 2 is 1.67 bits per heavy atom. The third-order valence-corrected chi connectivity index (χ3v) is 8.37. The zero-order valence-corrected chi connectivity index (χ0v) is 15.5. The van der Waals surface area contributed by atoms with Crippen molar-refractivity contribution in [2.45, 2.75) is 83.2 Å². The molecule has 4 aliphatic carbocycles. The lowest BCUT2D eigenvalue weighted by Crippen LogP contribution is -2.60. The molecule has 6 fully saturated rings. The predicted molar refractivity (Wildman–Crippen MR) is 95.5 cm³/mol. The van der Waals surface area contributed by atoms with Crippen LogP contribution in [0.25, 0.3) is 0 Å². The second kappa shape index (κ2) is 5.22. The number of hydrogen-bond donors (Lipinski definition) is 1. The molecule has 1 spiro atoms. The summed E-state index contributed by atoms with van der Waals surface area (Å²) < 4.78 is 0. The molecule has 3 heteroatoms. The van der Waals surface area contributed by atoms with Gasteiger partial charge in [0.1, 0.15) is 0 Å². The van der Waals surface area contributed by atoms with Gasteiger partial charge in [0.15, 0.2) is 0 Å². The van der Waals surface area contributed by atoms with E-state index >= 15 is 0 Å². The van der Waals surface area contributed by atoms with Crippen molar-refractivity contribution in [3.63, 3.8) is 0 Å². The average Bonchev–Trinajstić information content (AvgIpc) is 3.09. The third kappa shape index (κ3) is 2.09. The van der Waals surface area contributed by atoms with Crippen molar-refractivity contribution in [2.24, 2.45) is 29.1 Å². The van der Waals surface area contributed by atoms with Crippen molar-refractivity contribution in [1.29, 1.82) is 0 Å². The summed E-state index contributed by atoms with van der Waals surface area (Å²) in [4.78, 5) is 15.8. The highest BCUT2D eigenvalue weighted by Gasteiger charge is 2.59. The molecule has 2 saturated heterocycles. The monoisotopic (exact) mass is 330 g/mol. The molecular formula is C21H34N2O. The van der Waals surface area contributed by atoms with Crippen LogP contribution in [0.4, 0.5) is 0 Å². The molecule has 0 aromatic carbocycles. The number of nitrogens with zero attached hydrogens (tertiary/aromatic N) is 1. The number of rotatable bonds is 3. The molecule has 6 aliphatic rings. The Hall–Kier alpha value is -0.570. The van der Waals surface area contributed by atoms with Gasteiger partial charge < -0.3 is 10.2 Å². The van der Waals surface area contributed by atoms with Crippen LogP contribution in [-0.4, -0.2) is 35.5 Å². The standard InChI is InChI=1S/C21H34N2O/c1-14(2)18(23-7-5-21(19(23)24)4-3-6-22-21)20-11-15-8-16(12-20)10-17(9-15)13-20/h14-18,22H,3-13H2,1-2H3. The lowest BCUT2D eigenvalue weighted by atomic mass is 9.46. The first-order valence-corrected chi connectivity index (χ1v) is 10.6. The van der Waals surface area contributed by atoms with Crippen LogP contribution >= 0.6 is 0 Å². The number of hydrogen-bond acceptors (Lipinski definition) is 2. The quantitative estimate of drug-likeness (QED) is 0.858. The highest BCUT2D eigenvalue weighted by atomic mass is 16.2. The molecule has 134 valence electrons. The fourth-order valence-electron chi connectivity index (χ4n) is 8.20. The minimum absolute atomic E-state index is 0.185. The van der Waals surface area contributed by atoms with E-state index < -0.39 is 0 Å². The van der Waals surface area contributed by atoms with Crippen LogP contribution in [0.15, 0.2) is 0 Å². The zero-order chi connectivity index (χ0) is 16.5. The number of likely N-dealkylation sites (tertiary alicyclic amines) is 1. The molecular weight excluding hydrogens is 296 g/mol. The fourth-order valence-corrected chi connectivity index (χ4v) is 8.20. The molecule has 2 heterocycles. The molecule has 24 heavy (non-hydrogen) atoms. The van der Waals surface area contributed by atoms with Gasteiger partial charge in [0.2, 0.25) is 5.91 Å². The van der Waals surface area contributed by atoms with Gasteiger partial charge in [-0.2, -0.15) is 0 Å². The summed E-state index contributed by atoms with van der Waals surface area (Å²) in [6.07, 6.45) is 12.0. The topological polar surface area (TPSA) is 32.3 Å². The maximum Gasteiger partial charge on any atom is 0.243 e. The Bertz CT molecular complexity index is 499. The molecule has 0 radical (unpaired) electrons. The van der Waals surface area contributed by atoms with Crippen molar-refractivity contribution in [2.75, 3.05) is 13.1 Å². The van der Waals surface area contributed by atoms with E-state index in [0.717, 1.165) is 43.7 Å². The largest absolute Gasteiger partial charge is 0.337 e. The molecule has 2 atom stereocenters. The van der Waals surface area contributed by atoms with Crippen LogP contribution in [-0.2, 0) is 4.79 Å². The van der Waals surface area contributed by atoms with E-state index in [1.165, 1.54) is 44.9 Å². The minimum Gasteiger partial charge on any atom is -0.337 e. The van der Waals surface area contributed by atoms with Gasteiger partial charge in [-0.15, -0.1) is 0 Å². The first-order valence-electron chi connectivity index (χ1n) is 10.6. The molecule has 1 amide bonds. The van der Waals surface area contributed by atoms with Gasteiger partial charge in [-0.25, -0.2) is 0 Å². The van der Waals surface area contributed by atoms with E-state index in [9.17, 15) is 4.79 Å². The summed E-state index contributed by atoms with van der Waals surface area (Å²) in [5.41, 5.74) is 0.262. The van der Waals surface area contributed by atoms with E-state index in [1.807, 2.05) is 0 Å². The van der Waals surface area contributed by atoms with Crippen LogP contribution < -0.4 is 5.32 Å². The van der Waals surface area contributed by atoms with Gasteiger partial charge in [-0.05, 0) is 93.4 Å². The van der Waals surface area contributed by atoms with E-state index in [1.54, 1.807) is 0 Å². The smallest absolute Gasteiger partial charge is 0.243 e. The van der Waals surface area contributed by atoms with Crippen molar-refractivity contribution in [1.82, 2.24) is 10.2 Å². The molecule has 4 saturated carbocycles. The van der Waals surface area contributed by atoms with E-state index in [-0.39, 0.29) is 5.54 Å². The Kier molecular flexibility index (Phi) is 3.41. The van der Waals surface area contributed by atoms with Gasteiger partial charge in [-0.3, -0.25) is 4.79 Å². The summed E-state index contributed by atoms with van der Waals surface area (Å²) in [5, 5.41) is 3.59. The lowest BCUT2D eigenvalue weighted by molar-refractivity contribution is -0.149. The van der Waals surface area contributed by atoms with Gasteiger partial charge in [-0.1, -0.05) is 13.8 Å². The van der Waals surface area contributed by atoms with Crippen LogP contribution in [0.2, 0.25) is 0 Å². The fraction of sp³-hybridized carbons (Fsp3) is 0.952. The minimum atomic E-state index is -0.185. The van der Waals surface area contributed by atoms with Gasteiger partial charge in [0, 0.05) is 12.6 Å². The number of carbonyl (C=O) groups is 1. The summed E-state index contributed by atoms with van der Waals surface area (Å²) >= 11 is 0. The first kappa shape index (κ1) is 15.7. The van der Waals surface area contributed by atoms with Crippen LogP contribution in [0.3, 0.4) is 0 Å². The van der Waals surface area contributed by atoms with E-state index in [0.29, 0.717) is 23.3 Å². The molecule has 4 bridgehead atoms. The highest BCUT2D eigenvalue weighted by Crippen LogP contribution is 2.63. The number of nitrogens with one attached hydrogen (secondary N) is 1. The molecule has 0 aromatic rings. The number of amides is 1. The second-order valence-corrected chi connectivity index (χ2v) is 10.3. The Morgan fingerprint density at radius 1 is 1.04 bits per heavy atom. The average molecular weight is 331 g/mol. The molecule has 1 N–H and O–H groups in total. The van der Waals surface area contributed by atoms with Crippen LogP contribution in [0, 0.1) is 29.1 Å². The lowest BCUT2D eigenvalue weighted by Gasteiger charge is -2.61. The maximum absolute atomic E-state index is 13.4. The molecule has 6 rings (SSSR count). The Labute approximate surface area is 146 Å². The van der Waals surface area contributed by atoms with Gasteiger partial charge in [0.05, 0.1) is 5.54 Å². The Balaban J connectivity index is 1.47. The second-order valence-electron chi connectivity index (χ2n) is 10.3. The summed E-state index contributed by atoms with van der Waals surface area (Å²) in [5.74, 6) is 3.94. The van der Waals surface area contributed by atoms with Gasteiger partial charge >= 0.3 is 0 Å². The van der Waals surface area contributed by atoms with Crippen molar-refractivity contribution in [3.8, 4) is 0 Å².